The van der Waals surface area contributed by atoms with Gasteiger partial charge in [-0.15, -0.1) is 0 Å². The fourth-order valence-corrected chi connectivity index (χ4v) is 4.06. The molecule has 184 valence electrons. The van der Waals surface area contributed by atoms with Gasteiger partial charge in [0.05, 0.1) is 17.5 Å². The predicted octanol–water partition coefficient (Wildman–Crippen LogP) is 5.90. The molecule has 10 heteroatoms. The minimum atomic E-state index is -0.528. The van der Waals surface area contributed by atoms with Crippen molar-refractivity contribution < 1.29 is 14.5 Å². The highest BCUT2D eigenvalue weighted by molar-refractivity contribution is 5.96. The van der Waals surface area contributed by atoms with E-state index < -0.39 is 4.92 Å². The highest BCUT2D eigenvalue weighted by Gasteiger charge is 2.15. The van der Waals surface area contributed by atoms with Crippen LogP contribution in [0, 0.1) is 10.1 Å². The van der Waals surface area contributed by atoms with E-state index in [0.717, 1.165) is 27.5 Å². The third kappa shape index (κ3) is 4.94. The zero-order valence-corrected chi connectivity index (χ0v) is 20.0. The smallest absolute Gasteiger partial charge is 0.293 e. The Morgan fingerprint density at radius 1 is 1.08 bits per heavy atom. The minimum Gasteiger partial charge on any atom is -0.496 e. The number of carbonyl (C=O) groups is 1. The zero-order valence-electron chi connectivity index (χ0n) is 20.0. The molecule has 0 saturated heterocycles. The van der Waals surface area contributed by atoms with E-state index in [1.165, 1.54) is 25.4 Å². The maximum Gasteiger partial charge on any atom is 0.293 e. The Hall–Kier alpha value is -5.25. The third-order valence-corrected chi connectivity index (χ3v) is 5.79. The molecule has 0 aliphatic heterocycles. The molecule has 0 unspecified atom stereocenters. The van der Waals surface area contributed by atoms with E-state index in [-0.39, 0.29) is 17.3 Å². The second-order valence-electron chi connectivity index (χ2n) is 8.29. The van der Waals surface area contributed by atoms with Crippen LogP contribution < -0.4 is 15.4 Å². The first-order valence-corrected chi connectivity index (χ1v) is 11.3. The van der Waals surface area contributed by atoms with Gasteiger partial charge in [0, 0.05) is 52.8 Å². The second-order valence-corrected chi connectivity index (χ2v) is 8.29. The van der Waals surface area contributed by atoms with E-state index in [4.69, 9.17) is 4.74 Å². The zero-order chi connectivity index (χ0) is 25.9. The Morgan fingerprint density at radius 2 is 1.95 bits per heavy atom. The third-order valence-electron chi connectivity index (χ3n) is 5.79. The van der Waals surface area contributed by atoms with Crippen LogP contribution in [-0.2, 0) is 4.79 Å². The number of aromatic amines is 1. The lowest BCUT2D eigenvalue weighted by Gasteiger charge is -2.12. The number of aromatic nitrogens is 3. The van der Waals surface area contributed by atoms with Gasteiger partial charge in [0.25, 0.3) is 5.69 Å². The van der Waals surface area contributed by atoms with Crippen molar-refractivity contribution in [1.29, 1.82) is 0 Å². The van der Waals surface area contributed by atoms with Gasteiger partial charge in [0.1, 0.15) is 23.6 Å². The first-order chi connectivity index (χ1) is 17.9. The number of rotatable bonds is 7. The molecule has 0 aliphatic rings. The maximum atomic E-state index is 11.5. The topological polar surface area (TPSA) is 135 Å². The van der Waals surface area contributed by atoms with Crippen LogP contribution in [-0.4, -0.2) is 32.9 Å². The van der Waals surface area contributed by atoms with Crippen LogP contribution in [0.2, 0.25) is 0 Å². The lowest BCUT2D eigenvalue weighted by atomic mass is 10.1. The number of amides is 1. The highest BCUT2D eigenvalue weighted by atomic mass is 16.6. The quantitative estimate of drug-likeness (QED) is 0.146. The molecule has 1 amide bonds. The average molecular weight is 495 g/mol. The van der Waals surface area contributed by atoms with Crippen molar-refractivity contribution in [1.82, 2.24) is 15.0 Å². The molecule has 0 saturated carbocycles. The molecular formula is C27H22N6O4. The molecule has 0 radical (unpaired) electrons. The first-order valence-electron chi connectivity index (χ1n) is 11.3. The lowest BCUT2D eigenvalue weighted by Crippen LogP contribution is -2.08. The number of ether oxygens (including phenoxy) is 1. The highest BCUT2D eigenvalue weighted by Crippen LogP contribution is 2.32. The summed E-state index contributed by atoms with van der Waals surface area (Å²) < 4.78 is 5.57. The van der Waals surface area contributed by atoms with Crippen molar-refractivity contribution in [3.8, 4) is 5.75 Å². The predicted molar refractivity (Wildman–Crippen MR) is 144 cm³/mol. The minimum absolute atomic E-state index is 0.142. The Bertz CT molecular complexity index is 1690. The molecule has 2 aromatic heterocycles. The second kappa shape index (κ2) is 9.78. The normalized spacial score (nSPS) is 11.2. The van der Waals surface area contributed by atoms with E-state index in [2.05, 4.69) is 25.6 Å². The summed E-state index contributed by atoms with van der Waals surface area (Å²) in [6.07, 6.45) is 6.93. The molecular weight excluding hydrogens is 472 g/mol. The molecule has 2 heterocycles. The number of methoxy groups -OCH3 is 1. The number of hydrogen-bond acceptors (Lipinski definition) is 7. The van der Waals surface area contributed by atoms with Crippen molar-refractivity contribution in [2.75, 3.05) is 17.7 Å². The Kier molecular flexibility index (Phi) is 6.21. The molecule has 5 rings (SSSR count). The molecule has 5 aromatic rings. The number of hydrogen-bond donors (Lipinski definition) is 3. The molecule has 37 heavy (non-hydrogen) atoms. The Labute approximate surface area is 211 Å². The van der Waals surface area contributed by atoms with Gasteiger partial charge in [0.2, 0.25) is 5.91 Å². The molecule has 0 aliphatic carbocycles. The molecule has 3 N–H and O–H groups in total. The standard InChI is InChI=1S/C27H22N6O4/c1-16(34)31-23-7-4-17(11-25(23)33(35)36)3-5-19-13-21-24(14-26(19)37-2)29-15-30-27(21)32-20-6-8-22-18(12-20)9-10-28-22/h3-15,28H,1-2H3,(H,31,34)(H,29,30,32)/b5-3+. The Balaban J connectivity index is 1.51. The van der Waals surface area contributed by atoms with Gasteiger partial charge in [0.15, 0.2) is 0 Å². The van der Waals surface area contributed by atoms with Gasteiger partial charge in [-0.25, -0.2) is 9.97 Å². The Morgan fingerprint density at radius 3 is 2.73 bits per heavy atom. The van der Waals surface area contributed by atoms with E-state index in [9.17, 15) is 14.9 Å². The van der Waals surface area contributed by atoms with Gasteiger partial charge in [-0.2, -0.15) is 0 Å². The summed E-state index contributed by atoms with van der Waals surface area (Å²) in [5.74, 6) is 0.839. The summed E-state index contributed by atoms with van der Waals surface area (Å²) in [6.45, 7) is 1.30. The number of carbonyl (C=O) groups excluding carboxylic acids is 1. The van der Waals surface area contributed by atoms with E-state index in [1.54, 1.807) is 25.3 Å². The average Bonchev–Trinajstić information content (AvgIpc) is 3.35. The van der Waals surface area contributed by atoms with Crippen molar-refractivity contribution in [2.24, 2.45) is 0 Å². The van der Waals surface area contributed by atoms with Crippen LogP contribution in [0.1, 0.15) is 18.1 Å². The largest absolute Gasteiger partial charge is 0.496 e. The molecule has 3 aromatic carbocycles. The molecule has 10 nitrogen and oxygen atoms in total. The summed E-state index contributed by atoms with van der Waals surface area (Å²) in [5.41, 5.74) is 3.90. The van der Waals surface area contributed by atoms with Crippen molar-refractivity contribution in [3.63, 3.8) is 0 Å². The van der Waals surface area contributed by atoms with Crippen LogP contribution in [0.5, 0.6) is 5.75 Å². The van der Waals surface area contributed by atoms with Crippen LogP contribution in [0.4, 0.5) is 22.9 Å². The van der Waals surface area contributed by atoms with Gasteiger partial charge >= 0.3 is 0 Å². The van der Waals surface area contributed by atoms with Gasteiger partial charge in [-0.05, 0) is 42.0 Å². The van der Waals surface area contributed by atoms with Crippen molar-refractivity contribution in [3.05, 3.63) is 88.4 Å². The van der Waals surface area contributed by atoms with E-state index >= 15 is 0 Å². The molecule has 0 fully saturated rings. The first kappa shape index (κ1) is 23.5. The van der Waals surface area contributed by atoms with E-state index in [0.29, 0.717) is 22.6 Å². The van der Waals surface area contributed by atoms with E-state index in [1.807, 2.05) is 42.6 Å². The van der Waals surface area contributed by atoms with Crippen LogP contribution in [0.15, 0.2) is 67.1 Å². The maximum absolute atomic E-state index is 11.5. The lowest BCUT2D eigenvalue weighted by molar-refractivity contribution is -0.383. The number of nitro groups is 1. The number of nitrogens with one attached hydrogen (secondary N) is 3. The SMILES string of the molecule is COc1cc2ncnc(Nc3ccc4[nH]ccc4c3)c2cc1/C=C/c1ccc(NC(C)=O)c([N+](=O)[O-])c1. The number of H-pyrrole nitrogens is 1. The van der Waals surface area contributed by atoms with Gasteiger partial charge < -0.3 is 20.4 Å². The monoisotopic (exact) mass is 494 g/mol. The van der Waals surface area contributed by atoms with Gasteiger partial charge in [-0.1, -0.05) is 18.2 Å². The number of anilines is 3. The summed E-state index contributed by atoms with van der Waals surface area (Å²) in [4.78, 5) is 34.4. The number of nitrogens with zero attached hydrogens (tertiary/aromatic N) is 3. The number of nitro benzene ring substituents is 1. The molecule has 0 bridgehead atoms. The number of fused-ring (bicyclic) bond motifs is 2. The summed E-state index contributed by atoms with van der Waals surface area (Å²) >= 11 is 0. The van der Waals surface area contributed by atoms with Crippen molar-refractivity contribution in [2.45, 2.75) is 6.92 Å². The van der Waals surface area contributed by atoms with Gasteiger partial charge in [-0.3, -0.25) is 14.9 Å². The molecule has 0 spiro atoms. The fourth-order valence-electron chi connectivity index (χ4n) is 4.06. The van der Waals surface area contributed by atoms with Crippen LogP contribution in [0.3, 0.4) is 0 Å². The van der Waals surface area contributed by atoms with Crippen LogP contribution in [0.25, 0.3) is 34.0 Å². The fraction of sp³-hybridized carbons (Fsp3) is 0.0741. The molecule has 0 atom stereocenters. The summed E-state index contributed by atoms with van der Waals surface area (Å²) in [7, 11) is 1.57. The summed E-state index contributed by atoms with van der Waals surface area (Å²) in [6, 6.07) is 16.3. The van der Waals surface area contributed by atoms with Crippen molar-refractivity contribution >= 4 is 62.7 Å². The van der Waals surface area contributed by atoms with Crippen LogP contribution >= 0.6 is 0 Å². The summed E-state index contributed by atoms with van der Waals surface area (Å²) in [5, 5.41) is 19.2. The number of benzene rings is 3.